The summed E-state index contributed by atoms with van der Waals surface area (Å²) < 4.78 is 2.09. The van der Waals surface area contributed by atoms with Gasteiger partial charge in [-0.05, 0) is 18.0 Å². The lowest BCUT2D eigenvalue weighted by atomic mass is 10.0. The van der Waals surface area contributed by atoms with Crippen molar-refractivity contribution in [1.29, 1.82) is 0 Å². The van der Waals surface area contributed by atoms with Crippen LogP contribution in [0.5, 0.6) is 0 Å². The highest BCUT2D eigenvalue weighted by Crippen LogP contribution is 2.22. The Kier molecular flexibility index (Phi) is 4.74. The molecule has 1 N–H and O–H groups in total. The van der Waals surface area contributed by atoms with Crippen molar-refractivity contribution in [3.05, 3.63) is 42.7 Å². The van der Waals surface area contributed by atoms with Crippen molar-refractivity contribution < 1.29 is 0 Å². The van der Waals surface area contributed by atoms with E-state index in [4.69, 9.17) is 0 Å². The first kappa shape index (κ1) is 13.8. The first-order valence-corrected chi connectivity index (χ1v) is 7.02. The third-order valence-corrected chi connectivity index (χ3v) is 3.42. The minimum atomic E-state index is 0.400. The van der Waals surface area contributed by atoms with E-state index in [0.29, 0.717) is 12.0 Å². The molecule has 0 fully saturated rings. The Morgan fingerprint density at radius 1 is 1.16 bits per heavy atom. The average Bonchev–Trinajstić information content (AvgIpc) is 2.89. The monoisotopic (exact) mass is 257 g/mol. The van der Waals surface area contributed by atoms with Gasteiger partial charge in [0.05, 0.1) is 12.2 Å². The van der Waals surface area contributed by atoms with Gasteiger partial charge >= 0.3 is 0 Å². The van der Waals surface area contributed by atoms with E-state index < -0.39 is 0 Å². The molecular formula is C16H23N3. The van der Waals surface area contributed by atoms with Crippen molar-refractivity contribution in [2.24, 2.45) is 5.92 Å². The topological polar surface area (TPSA) is 29.9 Å². The molecule has 0 radical (unpaired) electrons. The molecule has 0 bridgehead atoms. The predicted octanol–water partition coefficient (Wildman–Crippen LogP) is 3.36. The summed E-state index contributed by atoms with van der Waals surface area (Å²) in [6.07, 6.45) is 4.11. The molecule has 0 saturated heterocycles. The van der Waals surface area contributed by atoms with Crippen LogP contribution < -0.4 is 5.32 Å². The maximum atomic E-state index is 4.54. The van der Waals surface area contributed by atoms with E-state index in [9.17, 15) is 0 Å². The van der Waals surface area contributed by atoms with Crippen molar-refractivity contribution in [3.63, 3.8) is 0 Å². The number of aromatic nitrogens is 2. The van der Waals surface area contributed by atoms with Gasteiger partial charge in [-0.25, -0.2) is 0 Å². The molecular weight excluding hydrogens is 234 g/mol. The fourth-order valence-electron chi connectivity index (χ4n) is 2.23. The second-order valence-electron chi connectivity index (χ2n) is 5.19. The summed E-state index contributed by atoms with van der Waals surface area (Å²) in [5.41, 5.74) is 2.41. The Balaban J connectivity index is 2.19. The van der Waals surface area contributed by atoms with Crippen molar-refractivity contribution in [1.82, 2.24) is 15.1 Å². The lowest BCUT2D eigenvalue weighted by molar-refractivity contribution is 0.332. The number of nitrogens with one attached hydrogen (secondary N) is 1. The molecule has 0 aliphatic rings. The van der Waals surface area contributed by atoms with Crippen LogP contribution in [0.2, 0.25) is 0 Å². The molecule has 0 amide bonds. The van der Waals surface area contributed by atoms with Crippen LogP contribution in [0.4, 0.5) is 0 Å². The second kappa shape index (κ2) is 6.53. The molecule has 0 spiro atoms. The lowest BCUT2D eigenvalue weighted by Crippen LogP contribution is -2.29. The summed E-state index contributed by atoms with van der Waals surface area (Å²) >= 11 is 0. The normalized spacial score (nSPS) is 12.8. The van der Waals surface area contributed by atoms with Crippen LogP contribution in [0, 0.1) is 5.92 Å². The number of rotatable bonds is 6. The standard InChI is InChI=1S/C16H23N3/c1-4-17-11-16(13(2)3)19-12-15(10-18-19)14-8-6-5-7-9-14/h5-10,12-13,16-17H,4,11H2,1-3H3. The molecule has 1 aromatic heterocycles. The summed E-state index contributed by atoms with van der Waals surface area (Å²) in [6.45, 7) is 8.58. The van der Waals surface area contributed by atoms with Crippen LogP contribution in [0.3, 0.4) is 0 Å². The Hall–Kier alpha value is -1.61. The molecule has 1 atom stereocenters. The third kappa shape index (κ3) is 3.44. The van der Waals surface area contributed by atoms with Crippen molar-refractivity contribution in [3.8, 4) is 11.1 Å². The molecule has 1 heterocycles. The van der Waals surface area contributed by atoms with Crippen LogP contribution in [-0.2, 0) is 0 Å². The number of benzene rings is 1. The molecule has 1 aromatic carbocycles. The van der Waals surface area contributed by atoms with E-state index in [1.807, 2.05) is 12.3 Å². The van der Waals surface area contributed by atoms with E-state index in [1.54, 1.807) is 0 Å². The molecule has 2 aromatic rings. The van der Waals surface area contributed by atoms with Gasteiger partial charge in [-0.3, -0.25) is 4.68 Å². The van der Waals surface area contributed by atoms with Crippen LogP contribution in [-0.4, -0.2) is 22.9 Å². The van der Waals surface area contributed by atoms with Crippen molar-refractivity contribution in [2.45, 2.75) is 26.8 Å². The summed E-state index contributed by atoms with van der Waals surface area (Å²) in [6, 6.07) is 10.8. The lowest BCUT2D eigenvalue weighted by Gasteiger charge is -2.21. The Labute approximate surface area is 115 Å². The molecule has 0 aliphatic carbocycles. The van der Waals surface area contributed by atoms with E-state index in [0.717, 1.165) is 13.1 Å². The summed E-state index contributed by atoms with van der Waals surface area (Å²) in [5, 5.41) is 7.96. The first-order chi connectivity index (χ1) is 9.22. The van der Waals surface area contributed by atoms with Gasteiger partial charge in [-0.2, -0.15) is 5.10 Å². The van der Waals surface area contributed by atoms with Gasteiger partial charge in [0.25, 0.3) is 0 Å². The number of likely N-dealkylation sites (N-methyl/N-ethyl adjacent to an activating group) is 1. The zero-order chi connectivity index (χ0) is 13.7. The number of nitrogens with zero attached hydrogens (tertiary/aromatic N) is 2. The number of hydrogen-bond acceptors (Lipinski definition) is 2. The highest BCUT2D eigenvalue weighted by molar-refractivity contribution is 5.61. The predicted molar refractivity (Wildman–Crippen MR) is 80.1 cm³/mol. The minimum Gasteiger partial charge on any atom is -0.315 e. The van der Waals surface area contributed by atoms with E-state index >= 15 is 0 Å². The molecule has 2 rings (SSSR count). The van der Waals surface area contributed by atoms with Gasteiger partial charge in [0, 0.05) is 18.3 Å². The maximum Gasteiger partial charge on any atom is 0.0666 e. The van der Waals surface area contributed by atoms with Crippen LogP contribution in [0.15, 0.2) is 42.7 Å². The van der Waals surface area contributed by atoms with E-state index in [2.05, 4.69) is 66.3 Å². The summed E-state index contributed by atoms with van der Waals surface area (Å²) in [7, 11) is 0. The maximum absolute atomic E-state index is 4.54. The van der Waals surface area contributed by atoms with Crippen molar-refractivity contribution in [2.75, 3.05) is 13.1 Å². The largest absolute Gasteiger partial charge is 0.315 e. The molecule has 1 unspecified atom stereocenters. The van der Waals surface area contributed by atoms with Gasteiger partial charge < -0.3 is 5.32 Å². The first-order valence-electron chi connectivity index (χ1n) is 7.02. The Bertz CT molecular complexity index is 488. The second-order valence-corrected chi connectivity index (χ2v) is 5.19. The van der Waals surface area contributed by atoms with Crippen LogP contribution >= 0.6 is 0 Å². The van der Waals surface area contributed by atoms with Gasteiger partial charge in [0.1, 0.15) is 0 Å². The third-order valence-electron chi connectivity index (χ3n) is 3.42. The molecule has 0 aliphatic heterocycles. The SMILES string of the molecule is CCNCC(C(C)C)n1cc(-c2ccccc2)cn1. The highest BCUT2D eigenvalue weighted by atomic mass is 15.3. The number of hydrogen-bond donors (Lipinski definition) is 1. The summed E-state index contributed by atoms with van der Waals surface area (Å²) in [5.74, 6) is 0.558. The Morgan fingerprint density at radius 3 is 2.53 bits per heavy atom. The molecule has 3 nitrogen and oxygen atoms in total. The smallest absolute Gasteiger partial charge is 0.0666 e. The van der Waals surface area contributed by atoms with Gasteiger partial charge in [-0.15, -0.1) is 0 Å². The summed E-state index contributed by atoms with van der Waals surface area (Å²) in [4.78, 5) is 0. The molecule has 102 valence electrons. The highest BCUT2D eigenvalue weighted by Gasteiger charge is 2.16. The quantitative estimate of drug-likeness (QED) is 0.860. The zero-order valence-corrected chi connectivity index (χ0v) is 12.0. The van der Waals surface area contributed by atoms with E-state index in [1.165, 1.54) is 11.1 Å². The van der Waals surface area contributed by atoms with Gasteiger partial charge in [0.15, 0.2) is 0 Å². The zero-order valence-electron chi connectivity index (χ0n) is 12.0. The average molecular weight is 257 g/mol. The van der Waals surface area contributed by atoms with Gasteiger partial charge in [0.2, 0.25) is 0 Å². The molecule has 19 heavy (non-hydrogen) atoms. The Morgan fingerprint density at radius 2 is 1.89 bits per heavy atom. The van der Waals surface area contributed by atoms with Crippen molar-refractivity contribution >= 4 is 0 Å². The van der Waals surface area contributed by atoms with Gasteiger partial charge in [-0.1, -0.05) is 51.1 Å². The van der Waals surface area contributed by atoms with Crippen LogP contribution in [0.1, 0.15) is 26.8 Å². The molecule has 3 heteroatoms. The fraction of sp³-hybridized carbons (Fsp3) is 0.438. The minimum absolute atomic E-state index is 0.400. The fourth-order valence-corrected chi connectivity index (χ4v) is 2.23. The van der Waals surface area contributed by atoms with E-state index in [-0.39, 0.29) is 0 Å². The molecule has 0 saturated carbocycles. The van der Waals surface area contributed by atoms with Crippen LogP contribution in [0.25, 0.3) is 11.1 Å².